The van der Waals surface area contributed by atoms with Crippen LogP contribution in [0.15, 0.2) is 24.3 Å². The minimum atomic E-state index is -0.550. The van der Waals surface area contributed by atoms with Crippen LogP contribution in [0.4, 0.5) is 4.39 Å². The normalized spacial score (nSPS) is 10.8. The van der Waals surface area contributed by atoms with E-state index in [1.807, 2.05) is 0 Å². The predicted octanol–water partition coefficient (Wildman–Crippen LogP) is 3.54. The molecule has 0 aliphatic heterocycles. The summed E-state index contributed by atoms with van der Waals surface area (Å²) >= 11 is 6.48. The fourth-order valence-electron chi connectivity index (χ4n) is 0.899. The fraction of sp³-hybridized carbons (Fsp3) is 0.273. The summed E-state index contributed by atoms with van der Waals surface area (Å²) in [5, 5.41) is 8.84. The lowest BCUT2D eigenvalue weighted by Gasteiger charge is -2.14. The summed E-state index contributed by atoms with van der Waals surface area (Å²) in [5.74, 6) is -0.286. The molecule has 4 heteroatoms. The number of hydrogen-bond acceptors (Lipinski definition) is 3. The van der Waals surface area contributed by atoms with Gasteiger partial charge < -0.3 is 0 Å². The molecule has 78 valence electrons. The zero-order valence-corrected chi connectivity index (χ0v) is 10.1. The lowest BCUT2D eigenvalue weighted by atomic mass is 10.2. The second-order valence-corrected chi connectivity index (χ2v) is 5.82. The number of nitrogens with zero attached hydrogens (tertiary/aromatic N) is 1. The Bertz CT molecular complexity index is 404. The SMILES string of the molecule is CC(C)(C#N)SC(=S)c1ccc(F)cc1. The minimum absolute atomic E-state index is 0.286. The van der Waals surface area contributed by atoms with Crippen molar-refractivity contribution in [2.24, 2.45) is 0 Å². The summed E-state index contributed by atoms with van der Waals surface area (Å²) in [7, 11) is 0. The van der Waals surface area contributed by atoms with Crippen molar-refractivity contribution >= 4 is 28.2 Å². The second-order valence-electron chi connectivity index (χ2n) is 3.52. The van der Waals surface area contributed by atoms with E-state index >= 15 is 0 Å². The largest absolute Gasteiger partial charge is 0.207 e. The van der Waals surface area contributed by atoms with Gasteiger partial charge in [0.05, 0.1) is 10.3 Å². The Morgan fingerprint density at radius 1 is 1.40 bits per heavy atom. The Labute approximate surface area is 98.3 Å². The average molecular weight is 239 g/mol. The standard InChI is InChI=1S/C11H10FNS2/c1-11(2,7-13)15-10(14)8-3-5-9(12)6-4-8/h3-6H,1-2H3. The van der Waals surface area contributed by atoms with E-state index in [1.165, 1.54) is 23.9 Å². The first kappa shape index (κ1) is 12.2. The van der Waals surface area contributed by atoms with Crippen LogP contribution in [0.2, 0.25) is 0 Å². The van der Waals surface area contributed by atoms with Gasteiger partial charge >= 0.3 is 0 Å². The number of thioether (sulfide) groups is 1. The van der Waals surface area contributed by atoms with Crippen molar-refractivity contribution in [1.29, 1.82) is 5.26 Å². The molecule has 0 saturated carbocycles. The van der Waals surface area contributed by atoms with Gasteiger partial charge in [-0.3, -0.25) is 0 Å². The third kappa shape index (κ3) is 3.61. The van der Waals surface area contributed by atoms with Gasteiger partial charge in [-0.15, -0.1) is 0 Å². The van der Waals surface area contributed by atoms with E-state index in [1.54, 1.807) is 26.0 Å². The molecule has 0 bridgehead atoms. The maximum Gasteiger partial charge on any atom is 0.123 e. The van der Waals surface area contributed by atoms with E-state index in [0.29, 0.717) is 4.20 Å². The number of halogens is 1. The maximum atomic E-state index is 12.7. The highest BCUT2D eigenvalue weighted by atomic mass is 32.2. The van der Waals surface area contributed by atoms with Gasteiger partial charge in [-0.2, -0.15) is 5.26 Å². The molecule has 0 aliphatic rings. The molecule has 0 saturated heterocycles. The lowest BCUT2D eigenvalue weighted by Crippen LogP contribution is -2.13. The highest BCUT2D eigenvalue weighted by Crippen LogP contribution is 2.28. The second kappa shape index (κ2) is 4.73. The van der Waals surface area contributed by atoms with E-state index in [9.17, 15) is 4.39 Å². The van der Waals surface area contributed by atoms with Gasteiger partial charge in [-0.1, -0.05) is 36.1 Å². The molecule has 0 aliphatic carbocycles. The van der Waals surface area contributed by atoms with Gasteiger partial charge in [-0.25, -0.2) is 4.39 Å². The molecule has 15 heavy (non-hydrogen) atoms. The number of nitriles is 1. The van der Waals surface area contributed by atoms with Gasteiger partial charge in [-0.05, 0) is 31.5 Å². The van der Waals surface area contributed by atoms with Crippen LogP contribution in [0.3, 0.4) is 0 Å². The molecule has 0 amide bonds. The first-order valence-corrected chi connectivity index (χ1v) is 5.57. The maximum absolute atomic E-state index is 12.7. The van der Waals surface area contributed by atoms with E-state index in [2.05, 4.69) is 6.07 Å². The minimum Gasteiger partial charge on any atom is -0.207 e. The predicted molar refractivity (Wildman–Crippen MR) is 65.4 cm³/mol. The van der Waals surface area contributed by atoms with E-state index < -0.39 is 4.75 Å². The van der Waals surface area contributed by atoms with Crippen LogP contribution in [-0.2, 0) is 0 Å². The van der Waals surface area contributed by atoms with Crippen LogP contribution in [0, 0.1) is 17.1 Å². The summed E-state index contributed by atoms with van der Waals surface area (Å²) in [4.78, 5) is 0. The van der Waals surface area contributed by atoms with Crippen molar-refractivity contribution in [2.75, 3.05) is 0 Å². The third-order valence-corrected chi connectivity index (χ3v) is 3.21. The van der Waals surface area contributed by atoms with Crippen LogP contribution in [0.25, 0.3) is 0 Å². The fourth-order valence-corrected chi connectivity index (χ4v) is 2.42. The van der Waals surface area contributed by atoms with E-state index in [-0.39, 0.29) is 5.82 Å². The molecular formula is C11H10FNS2. The molecule has 0 heterocycles. The number of thiocarbonyl (C=S) groups is 1. The summed E-state index contributed by atoms with van der Waals surface area (Å²) in [6, 6.07) is 8.13. The number of rotatable bonds is 2. The van der Waals surface area contributed by atoms with Crippen LogP contribution >= 0.6 is 24.0 Å². The van der Waals surface area contributed by atoms with Gasteiger partial charge in [0.2, 0.25) is 0 Å². The van der Waals surface area contributed by atoms with Crippen LogP contribution < -0.4 is 0 Å². The van der Waals surface area contributed by atoms with Crippen LogP contribution in [0.1, 0.15) is 19.4 Å². The molecule has 1 aromatic rings. The molecule has 1 rings (SSSR count). The van der Waals surface area contributed by atoms with Gasteiger partial charge in [0.15, 0.2) is 0 Å². The molecule has 0 radical (unpaired) electrons. The van der Waals surface area contributed by atoms with Crippen molar-refractivity contribution in [1.82, 2.24) is 0 Å². The smallest absolute Gasteiger partial charge is 0.123 e. The Morgan fingerprint density at radius 2 is 1.93 bits per heavy atom. The summed E-state index contributed by atoms with van der Waals surface area (Å²) in [6.07, 6.45) is 0. The third-order valence-electron chi connectivity index (χ3n) is 1.70. The van der Waals surface area contributed by atoms with Crippen LogP contribution in [-0.4, -0.2) is 8.94 Å². The van der Waals surface area contributed by atoms with Crippen LogP contribution in [0.5, 0.6) is 0 Å². The van der Waals surface area contributed by atoms with Gasteiger partial charge in [0.1, 0.15) is 10.6 Å². The Hall–Kier alpha value is -0.920. The number of hydrogen-bond donors (Lipinski definition) is 0. The summed E-state index contributed by atoms with van der Waals surface area (Å²) in [5.41, 5.74) is 0.778. The first-order chi connectivity index (χ1) is 6.94. The molecule has 1 aromatic carbocycles. The molecule has 0 atom stereocenters. The molecule has 0 aromatic heterocycles. The Morgan fingerprint density at radius 3 is 2.40 bits per heavy atom. The first-order valence-electron chi connectivity index (χ1n) is 4.35. The van der Waals surface area contributed by atoms with Gasteiger partial charge in [0, 0.05) is 0 Å². The summed E-state index contributed by atoms with van der Waals surface area (Å²) in [6.45, 7) is 3.60. The summed E-state index contributed by atoms with van der Waals surface area (Å²) < 4.78 is 12.7. The van der Waals surface area contributed by atoms with Crippen molar-refractivity contribution in [3.8, 4) is 6.07 Å². The van der Waals surface area contributed by atoms with E-state index in [0.717, 1.165) is 5.56 Å². The highest BCUT2D eigenvalue weighted by molar-refractivity contribution is 8.24. The topological polar surface area (TPSA) is 23.8 Å². The molecule has 0 spiro atoms. The zero-order valence-electron chi connectivity index (χ0n) is 8.45. The van der Waals surface area contributed by atoms with Crippen molar-refractivity contribution in [3.05, 3.63) is 35.6 Å². The molecule has 0 unspecified atom stereocenters. The number of benzene rings is 1. The lowest BCUT2D eigenvalue weighted by molar-refractivity contribution is 0.628. The zero-order chi connectivity index (χ0) is 11.5. The van der Waals surface area contributed by atoms with E-state index in [4.69, 9.17) is 17.5 Å². The molecular weight excluding hydrogens is 229 g/mol. The van der Waals surface area contributed by atoms with Gasteiger partial charge in [0.25, 0.3) is 0 Å². The van der Waals surface area contributed by atoms with Crippen molar-refractivity contribution < 1.29 is 4.39 Å². The Balaban J connectivity index is 2.79. The van der Waals surface area contributed by atoms with Crippen molar-refractivity contribution in [3.63, 3.8) is 0 Å². The molecule has 0 N–H and O–H groups in total. The monoisotopic (exact) mass is 239 g/mol. The highest BCUT2D eigenvalue weighted by Gasteiger charge is 2.20. The quantitative estimate of drug-likeness (QED) is 0.738. The Kier molecular flexibility index (Phi) is 3.83. The van der Waals surface area contributed by atoms with Crippen molar-refractivity contribution in [2.45, 2.75) is 18.6 Å². The molecule has 1 nitrogen and oxygen atoms in total. The molecule has 0 fully saturated rings. The average Bonchev–Trinajstić information content (AvgIpc) is 2.18.